The number of carbonyl (C=O) groups excluding carboxylic acids is 1. The van der Waals surface area contributed by atoms with Crippen LogP contribution in [0.15, 0.2) is 42.6 Å². The van der Waals surface area contributed by atoms with Crippen molar-refractivity contribution in [3.8, 4) is 17.2 Å². The molecule has 0 saturated carbocycles. The van der Waals surface area contributed by atoms with E-state index in [1.54, 1.807) is 37.3 Å². The standard InChI is InChI=1S/C20H17ClFN3O3/c1-12-13(11-23-25(12)17-6-3-2-5-15(17)22)20(26)24-16-10-19-18(9-14(16)21)27-7-4-8-28-19/h2-3,5-6,9-11H,4,7-8H2,1H3,(H,24,26). The molecule has 144 valence electrons. The van der Waals surface area contributed by atoms with Crippen LogP contribution in [0, 0.1) is 12.7 Å². The molecule has 0 radical (unpaired) electrons. The van der Waals surface area contributed by atoms with Crippen LogP contribution >= 0.6 is 11.6 Å². The van der Waals surface area contributed by atoms with Gasteiger partial charge in [-0.3, -0.25) is 4.79 Å². The molecule has 3 aromatic rings. The lowest BCUT2D eigenvalue weighted by Gasteiger charge is -2.12. The number of fused-ring (bicyclic) bond motifs is 1. The van der Waals surface area contributed by atoms with E-state index in [1.807, 2.05) is 0 Å². The molecule has 4 rings (SSSR count). The maximum Gasteiger partial charge on any atom is 0.259 e. The van der Waals surface area contributed by atoms with E-state index in [-0.39, 0.29) is 5.69 Å². The Kier molecular flexibility index (Phi) is 4.92. The summed E-state index contributed by atoms with van der Waals surface area (Å²) in [7, 11) is 0. The van der Waals surface area contributed by atoms with Crippen molar-refractivity contribution >= 4 is 23.2 Å². The number of carbonyl (C=O) groups is 1. The Morgan fingerprint density at radius 2 is 1.93 bits per heavy atom. The van der Waals surface area contributed by atoms with Gasteiger partial charge < -0.3 is 14.8 Å². The van der Waals surface area contributed by atoms with Gasteiger partial charge in [0.15, 0.2) is 11.5 Å². The SMILES string of the molecule is Cc1c(C(=O)Nc2cc3c(cc2Cl)OCCCO3)cnn1-c1ccccc1F. The van der Waals surface area contributed by atoms with Gasteiger partial charge in [-0.2, -0.15) is 5.10 Å². The smallest absolute Gasteiger partial charge is 0.259 e. The second-order valence-corrected chi connectivity index (χ2v) is 6.70. The molecular formula is C20H17ClFN3O3. The lowest BCUT2D eigenvalue weighted by molar-refractivity contribution is 0.102. The first-order valence-electron chi connectivity index (χ1n) is 8.74. The summed E-state index contributed by atoms with van der Waals surface area (Å²) in [5, 5.41) is 7.25. The Morgan fingerprint density at radius 3 is 2.68 bits per heavy atom. The molecule has 0 unspecified atom stereocenters. The molecule has 0 aliphatic carbocycles. The Balaban J connectivity index is 1.62. The topological polar surface area (TPSA) is 65.4 Å². The molecule has 0 atom stereocenters. The lowest BCUT2D eigenvalue weighted by Crippen LogP contribution is -2.14. The first-order valence-corrected chi connectivity index (χ1v) is 9.12. The van der Waals surface area contributed by atoms with Crippen molar-refractivity contribution in [1.82, 2.24) is 9.78 Å². The third-order valence-electron chi connectivity index (χ3n) is 4.42. The number of para-hydroxylation sites is 1. The first kappa shape index (κ1) is 18.3. The highest BCUT2D eigenvalue weighted by molar-refractivity contribution is 6.34. The van der Waals surface area contributed by atoms with Crippen molar-refractivity contribution in [3.63, 3.8) is 0 Å². The Hall–Kier alpha value is -3.06. The van der Waals surface area contributed by atoms with Gasteiger partial charge in [0.2, 0.25) is 0 Å². The van der Waals surface area contributed by atoms with Gasteiger partial charge in [-0.05, 0) is 19.1 Å². The molecule has 0 fully saturated rings. The molecule has 6 nitrogen and oxygen atoms in total. The molecule has 1 aliphatic rings. The van der Waals surface area contributed by atoms with Crippen molar-refractivity contribution in [3.05, 3.63) is 64.7 Å². The number of nitrogens with zero attached hydrogens (tertiary/aromatic N) is 2. The zero-order valence-electron chi connectivity index (χ0n) is 15.0. The van der Waals surface area contributed by atoms with Crippen LogP contribution in [0.3, 0.4) is 0 Å². The Morgan fingerprint density at radius 1 is 1.21 bits per heavy atom. The zero-order valence-corrected chi connectivity index (χ0v) is 15.8. The maximum absolute atomic E-state index is 14.1. The molecule has 1 aliphatic heterocycles. The van der Waals surface area contributed by atoms with Gasteiger partial charge >= 0.3 is 0 Å². The third kappa shape index (κ3) is 3.41. The van der Waals surface area contributed by atoms with Crippen LogP contribution in [-0.4, -0.2) is 28.9 Å². The van der Waals surface area contributed by atoms with Crippen LogP contribution in [0.25, 0.3) is 5.69 Å². The molecule has 1 N–H and O–H groups in total. The summed E-state index contributed by atoms with van der Waals surface area (Å²) in [5.41, 5.74) is 1.49. The molecular weight excluding hydrogens is 385 g/mol. The van der Waals surface area contributed by atoms with E-state index in [9.17, 15) is 9.18 Å². The molecule has 2 heterocycles. The minimum Gasteiger partial charge on any atom is -0.490 e. The Bertz CT molecular complexity index is 1050. The van der Waals surface area contributed by atoms with Gasteiger partial charge in [0.1, 0.15) is 11.5 Å². The van der Waals surface area contributed by atoms with Crippen molar-refractivity contribution in [2.24, 2.45) is 0 Å². The van der Waals surface area contributed by atoms with Gasteiger partial charge in [0, 0.05) is 18.6 Å². The summed E-state index contributed by atoms with van der Waals surface area (Å²) >= 11 is 6.29. The summed E-state index contributed by atoms with van der Waals surface area (Å²) in [6.45, 7) is 2.77. The van der Waals surface area contributed by atoms with Crippen molar-refractivity contribution in [2.45, 2.75) is 13.3 Å². The minimum atomic E-state index is -0.424. The molecule has 8 heteroatoms. The van der Waals surface area contributed by atoms with Crippen LogP contribution in [-0.2, 0) is 0 Å². The molecule has 0 saturated heterocycles. The second-order valence-electron chi connectivity index (χ2n) is 6.29. The predicted octanol–water partition coefficient (Wildman–Crippen LogP) is 4.39. The van der Waals surface area contributed by atoms with E-state index in [2.05, 4.69) is 10.4 Å². The number of aromatic nitrogens is 2. The summed E-state index contributed by atoms with van der Waals surface area (Å²) in [5.74, 6) is 0.239. The number of nitrogens with one attached hydrogen (secondary N) is 1. The number of hydrogen-bond donors (Lipinski definition) is 1. The highest BCUT2D eigenvalue weighted by atomic mass is 35.5. The van der Waals surface area contributed by atoms with Crippen LogP contribution in [0.4, 0.5) is 10.1 Å². The third-order valence-corrected chi connectivity index (χ3v) is 4.73. The second kappa shape index (κ2) is 7.52. The molecule has 1 aromatic heterocycles. The number of hydrogen-bond acceptors (Lipinski definition) is 4. The van der Waals surface area contributed by atoms with E-state index in [4.69, 9.17) is 21.1 Å². The van der Waals surface area contributed by atoms with Gasteiger partial charge in [-0.1, -0.05) is 23.7 Å². The number of benzene rings is 2. The normalized spacial score (nSPS) is 13.1. The summed E-state index contributed by atoms with van der Waals surface area (Å²) < 4.78 is 26.7. The molecule has 2 aromatic carbocycles. The zero-order chi connectivity index (χ0) is 19.7. The number of halogens is 2. The van der Waals surface area contributed by atoms with Gasteiger partial charge in [0.05, 0.1) is 41.4 Å². The maximum atomic E-state index is 14.1. The van der Waals surface area contributed by atoms with E-state index in [0.717, 1.165) is 6.42 Å². The van der Waals surface area contributed by atoms with Crippen LogP contribution in [0.2, 0.25) is 5.02 Å². The van der Waals surface area contributed by atoms with Gasteiger partial charge in [-0.25, -0.2) is 9.07 Å². The quantitative estimate of drug-likeness (QED) is 0.707. The van der Waals surface area contributed by atoms with Crippen LogP contribution in [0.1, 0.15) is 22.5 Å². The number of rotatable bonds is 3. The fourth-order valence-corrected chi connectivity index (χ4v) is 3.17. The molecule has 0 bridgehead atoms. The fraction of sp³-hybridized carbons (Fsp3) is 0.200. The average molecular weight is 402 g/mol. The number of anilines is 1. The molecule has 28 heavy (non-hydrogen) atoms. The van der Waals surface area contributed by atoms with Crippen molar-refractivity contribution in [1.29, 1.82) is 0 Å². The fourth-order valence-electron chi connectivity index (χ4n) is 2.97. The van der Waals surface area contributed by atoms with Gasteiger partial charge in [0.25, 0.3) is 5.91 Å². The summed E-state index contributed by atoms with van der Waals surface area (Å²) in [6.07, 6.45) is 2.16. The monoisotopic (exact) mass is 401 g/mol. The van der Waals surface area contributed by atoms with Crippen molar-refractivity contribution in [2.75, 3.05) is 18.5 Å². The van der Waals surface area contributed by atoms with E-state index < -0.39 is 11.7 Å². The van der Waals surface area contributed by atoms with Crippen molar-refractivity contribution < 1.29 is 18.7 Å². The van der Waals surface area contributed by atoms with E-state index >= 15 is 0 Å². The first-order chi connectivity index (χ1) is 13.5. The largest absolute Gasteiger partial charge is 0.490 e. The lowest BCUT2D eigenvalue weighted by atomic mass is 10.2. The van der Waals surface area contributed by atoms with Crippen LogP contribution in [0.5, 0.6) is 11.5 Å². The predicted molar refractivity (Wildman–Crippen MR) is 103 cm³/mol. The Labute approximate surface area is 165 Å². The van der Waals surface area contributed by atoms with E-state index in [0.29, 0.717) is 46.7 Å². The van der Waals surface area contributed by atoms with Gasteiger partial charge in [-0.15, -0.1) is 0 Å². The summed E-state index contributed by atoms with van der Waals surface area (Å²) in [4.78, 5) is 12.8. The summed E-state index contributed by atoms with van der Waals surface area (Å²) in [6, 6.07) is 9.49. The molecule has 1 amide bonds. The highest BCUT2D eigenvalue weighted by Gasteiger charge is 2.20. The molecule has 0 spiro atoms. The number of amides is 1. The minimum absolute atomic E-state index is 0.271. The van der Waals surface area contributed by atoms with Crippen LogP contribution < -0.4 is 14.8 Å². The van der Waals surface area contributed by atoms with E-state index in [1.165, 1.54) is 16.9 Å². The average Bonchev–Trinajstić information content (AvgIpc) is 2.91. The number of ether oxygens (including phenoxy) is 2. The highest BCUT2D eigenvalue weighted by Crippen LogP contribution is 2.37.